The van der Waals surface area contributed by atoms with Crippen molar-refractivity contribution in [1.29, 1.82) is 0 Å². The van der Waals surface area contributed by atoms with Crippen LogP contribution in [-0.4, -0.2) is 51.2 Å². The third-order valence-corrected chi connectivity index (χ3v) is 3.50. The van der Waals surface area contributed by atoms with E-state index in [1.54, 1.807) is 0 Å². The van der Waals surface area contributed by atoms with Crippen molar-refractivity contribution < 1.29 is 19.7 Å². The molecule has 0 saturated heterocycles. The van der Waals surface area contributed by atoms with Crippen molar-refractivity contribution in [2.24, 2.45) is 0 Å². The second kappa shape index (κ2) is 8.21. The van der Waals surface area contributed by atoms with Crippen LogP contribution in [0, 0.1) is 0 Å². The second-order valence-electron chi connectivity index (χ2n) is 5.17. The van der Waals surface area contributed by atoms with Gasteiger partial charge in [-0.1, -0.05) is 0 Å². The van der Waals surface area contributed by atoms with E-state index in [2.05, 4.69) is 20.7 Å². The Morgan fingerprint density at radius 2 is 1.80 bits per heavy atom. The lowest BCUT2D eigenvalue weighted by molar-refractivity contribution is 0.0231. The van der Waals surface area contributed by atoms with Gasteiger partial charge in [-0.2, -0.15) is 9.97 Å². The standard InChI is InChI=1S/C13H22N8O4/c14-9-7(10(15)18-12(16)17-9)2-3-8-11(25-6-23)19-13(24)20-21(8)4-1-5-22/h22-23H,1-6H2,(H2,19,20,24)(H6,14,15,16,17,18). The maximum Gasteiger partial charge on any atom is 0.340 e. The molecule has 12 heteroatoms. The van der Waals surface area contributed by atoms with E-state index < -0.39 is 12.8 Å². The lowest BCUT2D eigenvalue weighted by Crippen LogP contribution is -2.53. The first-order chi connectivity index (χ1) is 12.0. The number of amides is 2. The second-order valence-corrected chi connectivity index (χ2v) is 5.17. The van der Waals surface area contributed by atoms with E-state index >= 15 is 0 Å². The van der Waals surface area contributed by atoms with Gasteiger partial charge in [-0.05, 0) is 19.3 Å². The number of hydrazine groups is 1. The number of allylic oxidation sites excluding steroid dienone is 1. The Balaban J connectivity index is 2.24. The average Bonchev–Trinajstić information content (AvgIpc) is 2.53. The molecule has 2 rings (SSSR count). The summed E-state index contributed by atoms with van der Waals surface area (Å²) in [4.78, 5) is 19.4. The number of aliphatic hydroxyl groups excluding tert-OH is 2. The minimum absolute atomic E-state index is 0.0153. The molecule has 0 spiro atoms. The van der Waals surface area contributed by atoms with E-state index in [0.717, 1.165) is 0 Å². The highest BCUT2D eigenvalue weighted by Gasteiger charge is 2.26. The topological polar surface area (TPSA) is 198 Å². The summed E-state index contributed by atoms with van der Waals surface area (Å²) in [5.74, 6) is 0.436. The van der Waals surface area contributed by atoms with Gasteiger partial charge in [-0.15, -0.1) is 0 Å². The summed E-state index contributed by atoms with van der Waals surface area (Å²) in [5, 5.41) is 22.1. The molecule has 0 bridgehead atoms. The van der Waals surface area contributed by atoms with Gasteiger partial charge in [0.05, 0.1) is 5.70 Å². The van der Waals surface area contributed by atoms with Gasteiger partial charge in [0.2, 0.25) is 11.8 Å². The smallest absolute Gasteiger partial charge is 0.340 e. The van der Waals surface area contributed by atoms with Crippen molar-refractivity contribution in [3.05, 3.63) is 17.1 Å². The Hall–Kier alpha value is -2.99. The fraction of sp³-hybridized carbons (Fsp3) is 0.462. The Labute approximate surface area is 143 Å². The third-order valence-electron chi connectivity index (χ3n) is 3.50. The van der Waals surface area contributed by atoms with Gasteiger partial charge in [0, 0.05) is 18.7 Å². The van der Waals surface area contributed by atoms with Crippen molar-refractivity contribution >= 4 is 23.6 Å². The number of ether oxygens (including phenoxy) is 1. The molecule has 138 valence electrons. The highest BCUT2D eigenvalue weighted by Crippen LogP contribution is 2.24. The SMILES string of the molecule is Nc1nc(N)c(CCC2=C(OCO)NC(=O)NN2CCCO)c(N)n1. The van der Waals surface area contributed by atoms with Gasteiger partial charge in [-0.3, -0.25) is 10.3 Å². The number of carbonyl (C=O) groups excluding carboxylic acids is 1. The molecule has 2 heterocycles. The first-order valence-corrected chi connectivity index (χ1v) is 7.56. The fourth-order valence-electron chi connectivity index (χ4n) is 2.41. The maximum absolute atomic E-state index is 11.7. The highest BCUT2D eigenvalue weighted by atomic mass is 16.6. The van der Waals surface area contributed by atoms with Gasteiger partial charge in [-0.25, -0.2) is 10.2 Å². The molecule has 2 amide bonds. The summed E-state index contributed by atoms with van der Waals surface area (Å²) in [6, 6.07) is -0.514. The van der Waals surface area contributed by atoms with Crippen LogP contribution in [0.5, 0.6) is 0 Å². The number of hydrogen-bond acceptors (Lipinski definition) is 10. The van der Waals surface area contributed by atoms with Gasteiger partial charge in [0.25, 0.3) is 0 Å². The summed E-state index contributed by atoms with van der Waals surface area (Å²) in [6.45, 7) is -0.308. The highest BCUT2D eigenvalue weighted by molar-refractivity contribution is 5.76. The number of hydrogen-bond donors (Lipinski definition) is 7. The molecule has 1 aliphatic heterocycles. The van der Waals surface area contributed by atoms with Crippen LogP contribution in [0.3, 0.4) is 0 Å². The number of nitrogens with zero attached hydrogens (tertiary/aromatic N) is 3. The van der Waals surface area contributed by atoms with E-state index in [1.165, 1.54) is 5.01 Å². The first-order valence-electron chi connectivity index (χ1n) is 7.56. The molecule has 1 aromatic heterocycles. The van der Waals surface area contributed by atoms with Gasteiger partial charge >= 0.3 is 6.03 Å². The molecule has 12 nitrogen and oxygen atoms in total. The molecule has 1 aliphatic rings. The van der Waals surface area contributed by atoms with Crippen LogP contribution < -0.4 is 27.9 Å². The van der Waals surface area contributed by atoms with Crippen molar-refractivity contribution in [1.82, 2.24) is 25.7 Å². The monoisotopic (exact) mass is 354 g/mol. The number of carbonyl (C=O) groups is 1. The fourth-order valence-corrected chi connectivity index (χ4v) is 2.41. The molecule has 0 unspecified atom stereocenters. The van der Waals surface area contributed by atoms with Crippen LogP contribution in [0.1, 0.15) is 18.4 Å². The minimum Gasteiger partial charge on any atom is -0.451 e. The first kappa shape index (κ1) is 18.4. The van der Waals surface area contributed by atoms with Crippen LogP contribution in [0.2, 0.25) is 0 Å². The molecular formula is C13H22N8O4. The number of urea groups is 1. The van der Waals surface area contributed by atoms with Crippen LogP contribution in [-0.2, 0) is 11.2 Å². The van der Waals surface area contributed by atoms with Crippen LogP contribution in [0.25, 0.3) is 0 Å². The number of nitrogens with one attached hydrogen (secondary N) is 2. The molecule has 10 N–H and O–H groups in total. The van der Waals surface area contributed by atoms with Gasteiger partial charge in [0.1, 0.15) is 11.6 Å². The molecule has 0 aromatic carbocycles. The number of nitrogens with two attached hydrogens (primary N) is 3. The lowest BCUT2D eigenvalue weighted by atomic mass is 10.1. The molecule has 25 heavy (non-hydrogen) atoms. The Kier molecular flexibility index (Phi) is 6.03. The van der Waals surface area contributed by atoms with Gasteiger partial charge in [0.15, 0.2) is 6.79 Å². The summed E-state index contributed by atoms with van der Waals surface area (Å²) < 4.78 is 5.09. The molecule has 0 aliphatic carbocycles. The molecule has 0 radical (unpaired) electrons. The average molecular weight is 354 g/mol. The number of aromatic nitrogens is 2. The molecule has 0 atom stereocenters. The molecule has 0 saturated carbocycles. The van der Waals surface area contributed by atoms with E-state index in [0.29, 0.717) is 37.1 Å². The quantitative estimate of drug-likeness (QED) is 0.261. The van der Waals surface area contributed by atoms with Gasteiger partial charge < -0.3 is 32.2 Å². The summed E-state index contributed by atoms with van der Waals surface area (Å²) in [5.41, 5.74) is 20.8. The van der Waals surface area contributed by atoms with E-state index in [4.69, 9.17) is 32.2 Å². The lowest BCUT2D eigenvalue weighted by Gasteiger charge is -2.33. The summed E-state index contributed by atoms with van der Waals surface area (Å²) in [6.07, 6.45) is 1.11. The zero-order valence-electron chi connectivity index (χ0n) is 13.5. The van der Waals surface area contributed by atoms with Crippen molar-refractivity contribution in [3.8, 4) is 0 Å². The number of rotatable bonds is 8. The van der Waals surface area contributed by atoms with Crippen molar-refractivity contribution in [2.75, 3.05) is 37.1 Å². The molecular weight excluding hydrogens is 332 g/mol. The van der Waals surface area contributed by atoms with Crippen LogP contribution >= 0.6 is 0 Å². The summed E-state index contributed by atoms with van der Waals surface area (Å²) >= 11 is 0. The zero-order chi connectivity index (χ0) is 18.4. The van der Waals surface area contributed by atoms with E-state index in [9.17, 15) is 4.79 Å². The van der Waals surface area contributed by atoms with Crippen LogP contribution in [0.4, 0.5) is 22.4 Å². The Morgan fingerprint density at radius 3 is 2.40 bits per heavy atom. The maximum atomic E-state index is 11.7. The molecule has 1 aromatic rings. The number of anilines is 3. The Morgan fingerprint density at radius 1 is 1.12 bits per heavy atom. The number of aliphatic hydroxyl groups is 2. The van der Waals surface area contributed by atoms with Crippen molar-refractivity contribution in [3.63, 3.8) is 0 Å². The third kappa shape index (κ3) is 4.51. The molecule has 0 fully saturated rings. The van der Waals surface area contributed by atoms with E-state index in [1.807, 2.05) is 0 Å². The Bertz CT molecular complexity index is 642. The predicted molar refractivity (Wildman–Crippen MR) is 88.9 cm³/mol. The van der Waals surface area contributed by atoms with E-state index in [-0.39, 0.29) is 30.1 Å². The van der Waals surface area contributed by atoms with Crippen LogP contribution in [0.15, 0.2) is 11.6 Å². The normalized spacial score (nSPS) is 14.3. The minimum atomic E-state index is -0.609. The predicted octanol–water partition coefficient (Wildman–Crippen LogP) is -1.80. The zero-order valence-corrected chi connectivity index (χ0v) is 13.5. The largest absolute Gasteiger partial charge is 0.451 e. The number of nitrogen functional groups attached to an aromatic ring is 3. The van der Waals surface area contributed by atoms with Crippen molar-refractivity contribution in [2.45, 2.75) is 19.3 Å². The summed E-state index contributed by atoms with van der Waals surface area (Å²) in [7, 11) is 0.